The smallest absolute Gasteiger partial charge is 0.481 e. The van der Waals surface area contributed by atoms with Crippen molar-refractivity contribution in [3.63, 3.8) is 0 Å². The Bertz CT molecular complexity index is 1200. The molecular formula is C23H18ClF3N4O3. The number of hydrazone groups is 1. The number of carbonyl (C=O) groups is 1. The topological polar surface area (TPSA) is 76.0 Å². The van der Waals surface area contributed by atoms with E-state index >= 15 is 0 Å². The minimum atomic E-state index is -4.80. The second-order valence-electron chi connectivity index (χ2n) is 7.23. The van der Waals surface area contributed by atoms with E-state index in [1.165, 1.54) is 24.3 Å². The molecule has 4 rings (SSSR count). The third-order valence-corrected chi connectivity index (χ3v) is 5.19. The van der Waals surface area contributed by atoms with E-state index in [4.69, 9.17) is 16.3 Å². The lowest BCUT2D eigenvalue weighted by atomic mass is 9.94. The summed E-state index contributed by atoms with van der Waals surface area (Å²) in [7, 11) is 1.51. The van der Waals surface area contributed by atoms with Gasteiger partial charge in [0, 0.05) is 16.8 Å². The Kier molecular flexibility index (Phi) is 6.60. The number of urea groups is 1. The first-order valence-electron chi connectivity index (χ1n) is 10.0. The van der Waals surface area contributed by atoms with Crippen molar-refractivity contribution < 1.29 is 27.4 Å². The highest BCUT2D eigenvalue weighted by Crippen LogP contribution is 2.30. The molecule has 11 heteroatoms. The number of carbonyl (C=O) groups excluding carboxylic acids is 1. The van der Waals surface area contributed by atoms with Crippen LogP contribution in [0, 0.1) is 0 Å². The number of pyridine rings is 1. The molecule has 0 spiro atoms. The van der Waals surface area contributed by atoms with Crippen LogP contribution in [-0.2, 0) is 0 Å². The normalized spacial score (nSPS) is 15.6. The van der Waals surface area contributed by atoms with Crippen molar-refractivity contribution in [2.45, 2.75) is 12.3 Å². The third kappa shape index (κ3) is 5.57. The molecule has 1 atom stereocenters. The van der Waals surface area contributed by atoms with Gasteiger partial charge in [-0.2, -0.15) is 5.10 Å². The van der Waals surface area contributed by atoms with Crippen LogP contribution in [0.4, 0.5) is 23.7 Å². The van der Waals surface area contributed by atoms with Gasteiger partial charge in [-0.1, -0.05) is 29.8 Å². The number of hydrogen-bond acceptors (Lipinski definition) is 5. The van der Waals surface area contributed by atoms with Crippen molar-refractivity contribution in [2.75, 3.05) is 19.0 Å². The van der Waals surface area contributed by atoms with E-state index in [9.17, 15) is 18.0 Å². The van der Waals surface area contributed by atoms with Gasteiger partial charge in [0.05, 0.1) is 31.0 Å². The summed E-state index contributed by atoms with van der Waals surface area (Å²) < 4.78 is 46.1. The highest BCUT2D eigenvalue weighted by molar-refractivity contribution is 6.30. The van der Waals surface area contributed by atoms with Crippen LogP contribution in [0.2, 0.25) is 5.02 Å². The van der Waals surface area contributed by atoms with Crippen molar-refractivity contribution in [1.82, 2.24) is 9.99 Å². The standard InChI is InChI=1S/C23H18ClF3N4O3/c1-33-20-4-2-3-19(29-20)18-13-31(30-21(18)14-5-7-15(24)8-6-14)22(32)28-16-9-11-17(12-10-16)34-23(25,26)27/h2-12,18H,13H2,1H3,(H,28,32). The Morgan fingerprint density at radius 3 is 2.44 bits per heavy atom. The molecule has 3 aromatic rings. The van der Waals surface area contributed by atoms with Gasteiger partial charge in [0.25, 0.3) is 0 Å². The zero-order chi connectivity index (χ0) is 24.3. The van der Waals surface area contributed by atoms with Gasteiger partial charge in [0.2, 0.25) is 5.88 Å². The molecule has 1 N–H and O–H groups in total. The Morgan fingerprint density at radius 1 is 1.09 bits per heavy atom. The van der Waals surface area contributed by atoms with Crippen molar-refractivity contribution in [3.05, 3.63) is 83.0 Å². The fourth-order valence-corrected chi connectivity index (χ4v) is 3.53. The summed E-state index contributed by atoms with van der Waals surface area (Å²) in [6, 6.07) is 16.7. The first-order valence-corrected chi connectivity index (χ1v) is 10.4. The molecule has 0 saturated heterocycles. The van der Waals surface area contributed by atoms with Gasteiger partial charge in [-0.05, 0) is 48.0 Å². The molecule has 176 valence electrons. The molecule has 0 bridgehead atoms. The zero-order valence-electron chi connectivity index (χ0n) is 17.7. The van der Waals surface area contributed by atoms with E-state index < -0.39 is 12.4 Å². The van der Waals surface area contributed by atoms with Crippen molar-refractivity contribution in [2.24, 2.45) is 5.10 Å². The van der Waals surface area contributed by atoms with Crippen molar-refractivity contribution in [1.29, 1.82) is 0 Å². The first kappa shape index (κ1) is 23.4. The van der Waals surface area contributed by atoms with Gasteiger partial charge in [-0.3, -0.25) is 0 Å². The van der Waals surface area contributed by atoms with E-state index in [0.717, 1.165) is 17.7 Å². The predicted octanol–water partition coefficient (Wildman–Crippen LogP) is 5.68. The molecule has 2 amide bonds. The van der Waals surface area contributed by atoms with Gasteiger partial charge in [-0.15, -0.1) is 13.2 Å². The van der Waals surface area contributed by atoms with Gasteiger partial charge in [-0.25, -0.2) is 14.8 Å². The van der Waals surface area contributed by atoms with Crippen molar-refractivity contribution >= 4 is 29.0 Å². The molecule has 1 aromatic heterocycles. The quantitative estimate of drug-likeness (QED) is 0.499. The minimum absolute atomic E-state index is 0.194. The molecular weight excluding hydrogens is 473 g/mol. The minimum Gasteiger partial charge on any atom is -0.481 e. The number of halogens is 4. The lowest BCUT2D eigenvalue weighted by Gasteiger charge is -2.16. The third-order valence-electron chi connectivity index (χ3n) is 4.94. The molecule has 1 unspecified atom stereocenters. The second kappa shape index (κ2) is 9.60. The number of amides is 2. The van der Waals surface area contributed by atoms with E-state index in [1.54, 1.807) is 36.4 Å². The number of benzene rings is 2. The van der Waals surface area contributed by atoms with Crippen LogP contribution in [0.25, 0.3) is 0 Å². The summed E-state index contributed by atoms with van der Waals surface area (Å²) in [5.41, 5.74) is 2.33. The summed E-state index contributed by atoms with van der Waals surface area (Å²) in [6.07, 6.45) is -4.80. The number of nitrogens with one attached hydrogen (secondary N) is 1. The number of alkyl halides is 3. The molecule has 7 nitrogen and oxygen atoms in total. The van der Waals surface area contributed by atoms with Crippen LogP contribution < -0.4 is 14.8 Å². The van der Waals surface area contributed by atoms with Gasteiger partial charge < -0.3 is 14.8 Å². The van der Waals surface area contributed by atoms with Gasteiger partial charge in [0.15, 0.2) is 0 Å². The first-order chi connectivity index (χ1) is 16.2. The number of ether oxygens (including phenoxy) is 2. The summed E-state index contributed by atoms with van der Waals surface area (Å²) in [5, 5.41) is 8.94. The van der Waals surface area contributed by atoms with E-state index in [-0.39, 0.29) is 23.9 Å². The molecule has 0 saturated carbocycles. The molecule has 34 heavy (non-hydrogen) atoms. The molecule has 1 aliphatic heterocycles. The molecule has 2 heterocycles. The van der Waals surface area contributed by atoms with Crippen LogP contribution in [0.5, 0.6) is 11.6 Å². The SMILES string of the molecule is COc1cccc(C2CN(C(=O)Nc3ccc(OC(F)(F)F)cc3)N=C2c2ccc(Cl)cc2)n1. The Labute approximate surface area is 197 Å². The van der Waals surface area contributed by atoms with Crippen LogP contribution in [0.1, 0.15) is 17.2 Å². The summed E-state index contributed by atoms with van der Waals surface area (Å²) >= 11 is 6.01. The van der Waals surface area contributed by atoms with Crippen LogP contribution in [0.3, 0.4) is 0 Å². The van der Waals surface area contributed by atoms with E-state index in [1.807, 2.05) is 6.07 Å². The number of nitrogens with zero attached hydrogens (tertiary/aromatic N) is 3. The number of hydrogen-bond donors (Lipinski definition) is 1. The molecule has 0 radical (unpaired) electrons. The molecule has 2 aromatic carbocycles. The van der Waals surface area contributed by atoms with Crippen LogP contribution >= 0.6 is 11.6 Å². The average molecular weight is 491 g/mol. The zero-order valence-corrected chi connectivity index (χ0v) is 18.5. The van der Waals surface area contributed by atoms with Gasteiger partial charge in [0.1, 0.15) is 5.75 Å². The summed E-state index contributed by atoms with van der Waals surface area (Å²) in [5.74, 6) is -0.305. The van der Waals surface area contributed by atoms with Crippen LogP contribution in [-0.4, -0.2) is 41.8 Å². The van der Waals surface area contributed by atoms with Gasteiger partial charge >= 0.3 is 12.4 Å². The summed E-state index contributed by atoms with van der Waals surface area (Å²) in [4.78, 5) is 17.4. The highest BCUT2D eigenvalue weighted by atomic mass is 35.5. The predicted molar refractivity (Wildman–Crippen MR) is 120 cm³/mol. The number of anilines is 1. The fraction of sp³-hybridized carbons (Fsp3) is 0.174. The average Bonchev–Trinajstić information content (AvgIpc) is 3.26. The number of aromatic nitrogens is 1. The molecule has 1 aliphatic rings. The number of methoxy groups -OCH3 is 1. The second-order valence-corrected chi connectivity index (χ2v) is 7.67. The maximum Gasteiger partial charge on any atom is 0.573 e. The van der Waals surface area contributed by atoms with E-state index in [0.29, 0.717) is 22.3 Å². The lowest BCUT2D eigenvalue weighted by Crippen LogP contribution is -2.30. The Morgan fingerprint density at radius 2 is 1.79 bits per heavy atom. The maximum atomic E-state index is 12.9. The summed E-state index contributed by atoms with van der Waals surface area (Å²) in [6.45, 7) is 0.194. The highest BCUT2D eigenvalue weighted by Gasteiger charge is 2.34. The Hall–Kier alpha value is -3.79. The lowest BCUT2D eigenvalue weighted by molar-refractivity contribution is -0.274. The largest absolute Gasteiger partial charge is 0.573 e. The van der Waals surface area contributed by atoms with Crippen molar-refractivity contribution in [3.8, 4) is 11.6 Å². The maximum absolute atomic E-state index is 12.9. The monoisotopic (exact) mass is 490 g/mol. The molecule has 0 fully saturated rings. The van der Waals surface area contributed by atoms with Crippen LogP contribution in [0.15, 0.2) is 71.8 Å². The van der Waals surface area contributed by atoms with E-state index in [2.05, 4.69) is 20.1 Å². The molecule has 0 aliphatic carbocycles. The number of rotatable bonds is 5. The Balaban J connectivity index is 1.56. The fourth-order valence-electron chi connectivity index (χ4n) is 3.41.